The van der Waals surface area contributed by atoms with Gasteiger partial charge in [0.25, 0.3) is 5.82 Å². The van der Waals surface area contributed by atoms with Gasteiger partial charge in [0.05, 0.1) is 12.6 Å². The number of carbonyl (C=O) groups excluding carboxylic acids is 1. The van der Waals surface area contributed by atoms with Crippen molar-refractivity contribution in [3.05, 3.63) is 54.3 Å². The van der Waals surface area contributed by atoms with Gasteiger partial charge < -0.3 is 4.74 Å². The minimum Gasteiger partial charge on any atom is -0.459 e. The number of nitrogens with zero attached hydrogens (tertiary/aromatic N) is 2. The van der Waals surface area contributed by atoms with Crippen molar-refractivity contribution < 1.29 is 18.5 Å². The van der Waals surface area contributed by atoms with Crippen LogP contribution in [0, 0.1) is 23.6 Å². The number of aryl methyl sites for hydroxylation is 1. The van der Waals surface area contributed by atoms with Crippen LogP contribution in [0.1, 0.15) is 40.0 Å². The molecule has 0 spiro atoms. The summed E-state index contributed by atoms with van der Waals surface area (Å²) >= 11 is 0. The number of ether oxygens (including phenoxy) is 1. The van der Waals surface area contributed by atoms with E-state index in [1.54, 1.807) is 12.1 Å². The maximum atomic E-state index is 13.5. The Morgan fingerprint density at radius 2 is 1.87 bits per heavy atom. The molecule has 0 N–H and O–H groups in total. The summed E-state index contributed by atoms with van der Waals surface area (Å²) in [6.45, 7) is 6.80. The van der Waals surface area contributed by atoms with E-state index >= 15 is 0 Å². The minimum atomic E-state index is -0.278. The van der Waals surface area contributed by atoms with E-state index < -0.39 is 0 Å². The van der Waals surface area contributed by atoms with E-state index in [4.69, 9.17) is 4.74 Å². The van der Waals surface area contributed by atoms with Crippen LogP contribution in [0.2, 0.25) is 0 Å². The molecule has 5 heteroatoms. The van der Waals surface area contributed by atoms with Gasteiger partial charge in [-0.2, -0.15) is 0 Å². The second-order valence-corrected chi connectivity index (χ2v) is 9.32. The van der Waals surface area contributed by atoms with Crippen LogP contribution >= 0.6 is 0 Å². The smallest absolute Gasteiger partial charge is 0.348 e. The zero-order valence-corrected chi connectivity index (χ0v) is 18.8. The molecule has 2 aromatic carbocycles. The van der Waals surface area contributed by atoms with E-state index in [-0.39, 0.29) is 24.4 Å². The number of rotatable bonds is 5. The van der Waals surface area contributed by atoms with Crippen molar-refractivity contribution in [3.8, 4) is 11.4 Å². The third-order valence-corrected chi connectivity index (χ3v) is 6.74. The fraction of sp³-hybridized carbons (Fsp3) is 0.462. The Morgan fingerprint density at radius 1 is 1.16 bits per heavy atom. The van der Waals surface area contributed by atoms with Crippen molar-refractivity contribution in [1.82, 2.24) is 4.57 Å². The molecule has 1 aliphatic carbocycles. The Hall–Kier alpha value is -2.69. The van der Waals surface area contributed by atoms with Crippen LogP contribution in [0.15, 0.2) is 48.5 Å². The average molecular weight is 424 g/mol. The molecule has 0 saturated heterocycles. The topological polar surface area (TPSA) is 35.1 Å². The molecule has 164 valence electrons. The number of hydrogen-bond acceptors (Lipinski definition) is 2. The summed E-state index contributed by atoms with van der Waals surface area (Å²) in [6.07, 6.45) is 3.21. The normalized spacial score (nSPS) is 21.5. The van der Waals surface area contributed by atoms with Crippen LogP contribution in [-0.4, -0.2) is 16.6 Å². The van der Waals surface area contributed by atoms with Crippen molar-refractivity contribution in [2.24, 2.45) is 24.8 Å². The van der Waals surface area contributed by atoms with E-state index in [0.29, 0.717) is 17.8 Å². The third-order valence-electron chi connectivity index (χ3n) is 6.74. The molecule has 0 bridgehead atoms. The van der Waals surface area contributed by atoms with Crippen LogP contribution < -0.4 is 4.57 Å². The quantitative estimate of drug-likeness (QED) is 0.414. The molecule has 0 amide bonds. The first-order valence-electron chi connectivity index (χ1n) is 11.3. The molecule has 3 atom stereocenters. The molecule has 3 aromatic rings. The molecule has 1 saturated carbocycles. The summed E-state index contributed by atoms with van der Waals surface area (Å²) < 4.78 is 23.6. The summed E-state index contributed by atoms with van der Waals surface area (Å²) in [6, 6.07) is 14.4. The molecule has 0 aliphatic heterocycles. The molecule has 4 rings (SSSR count). The third kappa shape index (κ3) is 4.36. The Morgan fingerprint density at radius 3 is 2.58 bits per heavy atom. The molecule has 1 aromatic heterocycles. The minimum absolute atomic E-state index is 0.0268. The van der Waals surface area contributed by atoms with E-state index in [1.807, 2.05) is 35.9 Å². The van der Waals surface area contributed by atoms with Crippen LogP contribution in [0.3, 0.4) is 0 Å². The van der Waals surface area contributed by atoms with Crippen LogP contribution in [-0.2, 0) is 23.1 Å². The highest BCUT2D eigenvalue weighted by Crippen LogP contribution is 2.35. The molecular formula is C26H32FN2O2+. The molecule has 4 nitrogen and oxygen atoms in total. The number of halogens is 1. The predicted molar refractivity (Wildman–Crippen MR) is 120 cm³/mol. The van der Waals surface area contributed by atoms with Gasteiger partial charge in [0.2, 0.25) is 0 Å². The van der Waals surface area contributed by atoms with Crippen molar-refractivity contribution in [3.63, 3.8) is 0 Å². The fourth-order valence-electron chi connectivity index (χ4n) is 5.08. The summed E-state index contributed by atoms with van der Waals surface area (Å²) in [7, 11) is 1.97. The Balaban J connectivity index is 1.67. The number of hydrogen-bond donors (Lipinski definition) is 0. The van der Waals surface area contributed by atoms with Crippen molar-refractivity contribution >= 4 is 17.0 Å². The largest absolute Gasteiger partial charge is 0.459 e. The lowest BCUT2D eigenvalue weighted by molar-refractivity contribution is -0.634. The highest BCUT2D eigenvalue weighted by Gasteiger charge is 2.34. The monoisotopic (exact) mass is 423 g/mol. The van der Waals surface area contributed by atoms with Gasteiger partial charge in [0.1, 0.15) is 11.9 Å². The fourth-order valence-corrected chi connectivity index (χ4v) is 5.08. The number of benzene rings is 2. The highest BCUT2D eigenvalue weighted by atomic mass is 19.1. The van der Waals surface area contributed by atoms with Crippen LogP contribution in [0.4, 0.5) is 4.39 Å². The van der Waals surface area contributed by atoms with E-state index in [0.717, 1.165) is 35.3 Å². The van der Waals surface area contributed by atoms with Gasteiger partial charge in [0, 0.05) is 0 Å². The second-order valence-electron chi connectivity index (χ2n) is 9.32. The molecule has 31 heavy (non-hydrogen) atoms. The predicted octanol–water partition coefficient (Wildman–Crippen LogP) is 5.28. The van der Waals surface area contributed by atoms with Crippen LogP contribution in [0.25, 0.3) is 22.4 Å². The first kappa shape index (κ1) is 21.5. The first-order valence-corrected chi connectivity index (χ1v) is 11.3. The maximum absolute atomic E-state index is 13.5. The van der Waals surface area contributed by atoms with Gasteiger partial charge in [-0.1, -0.05) is 39.3 Å². The highest BCUT2D eigenvalue weighted by molar-refractivity contribution is 5.79. The molecule has 1 heterocycles. The van der Waals surface area contributed by atoms with Gasteiger partial charge >= 0.3 is 5.97 Å². The lowest BCUT2D eigenvalue weighted by Gasteiger charge is -2.36. The Labute approximate surface area is 183 Å². The Kier molecular flexibility index (Phi) is 6.12. The number of para-hydroxylation sites is 2. The number of esters is 1. The lowest BCUT2D eigenvalue weighted by Crippen LogP contribution is -2.37. The first-order chi connectivity index (χ1) is 14.8. The summed E-state index contributed by atoms with van der Waals surface area (Å²) in [5.74, 6) is 1.84. The summed E-state index contributed by atoms with van der Waals surface area (Å²) in [4.78, 5) is 13.1. The zero-order chi connectivity index (χ0) is 22.1. The van der Waals surface area contributed by atoms with E-state index in [9.17, 15) is 9.18 Å². The maximum Gasteiger partial charge on any atom is 0.348 e. The van der Waals surface area contributed by atoms with Gasteiger partial charge in [-0.05, 0) is 67.0 Å². The molecule has 0 unspecified atom stereocenters. The molecule has 0 radical (unpaired) electrons. The van der Waals surface area contributed by atoms with Crippen LogP contribution in [0.5, 0.6) is 0 Å². The van der Waals surface area contributed by atoms with E-state index in [1.165, 1.54) is 18.6 Å². The molecule has 1 aliphatic rings. The van der Waals surface area contributed by atoms with Gasteiger partial charge in [-0.15, -0.1) is 0 Å². The summed E-state index contributed by atoms with van der Waals surface area (Å²) in [5, 5.41) is 0. The zero-order valence-electron chi connectivity index (χ0n) is 18.8. The average Bonchev–Trinajstić information content (AvgIpc) is 3.00. The van der Waals surface area contributed by atoms with Gasteiger partial charge in [0.15, 0.2) is 17.6 Å². The summed E-state index contributed by atoms with van der Waals surface area (Å²) in [5.41, 5.74) is 2.83. The number of aromatic nitrogens is 2. The molecule has 1 fully saturated rings. The van der Waals surface area contributed by atoms with E-state index in [2.05, 4.69) is 25.3 Å². The van der Waals surface area contributed by atoms with Crippen molar-refractivity contribution in [2.75, 3.05) is 0 Å². The van der Waals surface area contributed by atoms with Gasteiger partial charge in [-0.25, -0.2) is 18.3 Å². The molecular weight excluding hydrogens is 391 g/mol. The number of imidazole rings is 1. The SMILES string of the molecule is CC(C)[C@H]1CC[C@@H](C)C[C@@H]1OC(=O)Cn1c(-c2ccc(F)cc2)[n+](C)c2ccccc21. The lowest BCUT2D eigenvalue weighted by atomic mass is 9.75. The van der Waals surface area contributed by atoms with Gasteiger partial charge in [-0.3, -0.25) is 0 Å². The number of fused-ring (bicyclic) bond motifs is 1. The van der Waals surface area contributed by atoms with Crippen molar-refractivity contribution in [1.29, 1.82) is 0 Å². The Bertz CT molecular complexity index is 1070. The standard InChI is InChI=1S/C26H32FN2O2/c1-17(2)21-14-9-18(3)15-24(21)31-25(30)16-29-23-8-6-5-7-22(23)28(4)26(29)19-10-12-20(27)13-11-19/h5-8,10-13,17-18,21,24H,9,14-16H2,1-4H3/q+1/t18-,21-,24+/m1/s1. The second kappa shape index (κ2) is 8.81. The van der Waals surface area contributed by atoms with Crippen molar-refractivity contribution in [2.45, 2.75) is 52.7 Å². The number of carbonyl (C=O) groups is 1.